The number of rotatable bonds is 3. The van der Waals surface area contributed by atoms with Gasteiger partial charge in [-0.05, 0) is 13.0 Å². The molecular formula is C11H10N2O4. The van der Waals surface area contributed by atoms with E-state index in [4.69, 9.17) is 9.63 Å². The van der Waals surface area contributed by atoms with E-state index in [0.29, 0.717) is 11.5 Å². The van der Waals surface area contributed by atoms with Crippen molar-refractivity contribution >= 4 is 5.97 Å². The Hall–Kier alpha value is -2.37. The van der Waals surface area contributed by atoms with Gasteiger partial charge in [0.2, 0.25) is 0 Å². The lowest BCUT2D eigenvalue weighted by Gasteiger charge is -2.06. The summed E-state index contributed by atoms with van der Waals surface area (Å²) in [5.74, 6) is -0.711. The van der Waals surface area contributed by atoms with Gasteiger partial charge in [-0.3, -0.25) is 9.36 Å². The molecule has 6 nitrogen and oxygen atoms in total. The van der Waals surface area contributed by atoms with Gasteiger partial charge in [0.1, 0.15) is 5.69 Å². The zero-order valence-electron chi connectivity index (χ0n) is 9.08. The first kappa shape index (κ1) is 11.1. The number of aryl methyl sites for hydroxylation is 1. The number of hydrogen-bond donors (Lipinski definition) is 1. The van der Waals surface area contributed by atoms with E-state index in [0.717, 1.165) is 4.57 Å². The maximum absolute atomic E-state index is 11.6. The molecule has 0 aliphatic carbocycles. The van der Waals surface area contributed by atoms with Crippen LogP contribution in [0.15, 0.2) is 33.6 Å². The van der Waals surface area contributed by atoms with Gasteiger partial charge in [-0.1, -0.05) is 11.2 Å². The summed E-state index contributed by atoms with van der Waals surface area (Å²) in [5, 5.41) is 12.6. The van der Waals surface area contributed by atoms with Gasteiger partial charge in [0.15, 0.2) is 5.76 Å². The van der Waals surface area contributed by atoms with Crippen LogP contribution in [0.3, 0.4) is 0 Å². The Balaban J connectivity index is 2.44. The third-order valence-electron chi connectivity index (χ3n) is 2.26. The van der Waals surface area contributed by atoms with Crippen LogP contribution in [0, 0.1) is 6.92 Å². The summed E-state index contributed by atoms with van der Waals surface area (Å²) < 4.78 is 6.08. The Morgan fingerprint density at radius 3 is 2.88 bits per heavy atom. The molecule has 0 atom stereocenters. The van der Waals surface area contributed by atoms with Crippen LogP contribution in [-0.2, 0) is 6.54 Å². The molecule has 0 aliphatic rings. The van der Waals surface area contributed by atoms with Crippen LogP contribution in [0.4, 0.5) is 0 Å². The summed E-state index contributed by atoms with van der Waals surface area (Å²) in [7, 11) is 0. The normalized spacial score (nSPS) is 10.4. The number of aromatic nitrogens is 2. The Labute approximate surface area is 96.1 Å². The maximum Gasteiger partial charge on any atom is 0.352 e. The van der Waals surface area contributed by atoms with Gasteiger partial charge in [0, 0.05) is 12.1 Å². The average Bonchev–Trinajstić information content (AvgIpc) is 2.67. The predicted molar refractivity (Wildman–Crippen MR) is 58.0 cm³/mol. The second-order valence-electron chi connectivity index (χ2n) is 3.58. The van der Waals surface area contributed by atoms with E-state index in [1.165, 1.54) is 18.2 Å². The largest absolute Gasteiger partial charge is 0.477 e. The van der Waals surface area contributed by atoms with E-state index in [1.54, 1.807) is 13.0 Å². The third kappa shape index (κ3) is 2.25. The molecule has 6 heteroatoms. The van der Waals surface area contributed by atoms with Gasteiger partial charge in [0.05, 0.1) is 12.2 Å². The number of carboxylic acid groups (broad SMARTS) is 1. The highest BCUT2D eigenvalue weighted by atomic mass is 16.5. The minimum absolute atomic E-state index is 0.0577. The summed E-state index contributed by atoms with van der Waals surface area (Å²) in [6, 6.07) is 5.74. The number of pyridine rings is 1. The third-order valence-corrected chi connectivity index (χ3v) is 2.26. The highest BCUT2D eigenvalue weighted by Crippen LogP contribution is 2.06. The lowest BCUT2D eigenvalue weighted by Crippen LogP contribution is -2.25. The van der Waals surface area contributed by atoms with Crippen molar-refractivity contribution < 1.29 is 14.4 Å². The van der Waals surface area contributed by atoms with Crippen LogP contribution in [0.5, 0.6) is 0 Å². The van der Waals surface area contributed by atoms with Gasteiger partial charge < -0.3 is 9.63 Å². The molecule has 0 saturated heterocycles. The van der Waals surface area contributed by atoms with E-state index in [1.807, 2.05) is 0 Å². The van der Waals surface area contributed by atoms with Crippen molar-refractivity contribution in [2.45, 2.75) is 13.5 Å². The number of carbonyl (C=O) groups is 1. The van der Waals surface area contributed by atoms with Crippen molar-refractivity contribution in [2.75, 3.05) is 0 Å². The minimum Gasteiger partial charge on any atom is -0.477 e. The van der Waals surface area contributed by atoms with Gasteiger partial charge in [-0.15, -0.1) is 0 Å². The Morgan fingerprint density at radius 2 is 2.29 bits per heavy atom. The smallest absolute Gasteiger partial charge is 0.352 e. The number of nitrogens with zero attached hydrogens (tertiary/aromatic N) is 2. The van der Waals surface area contributed by atoms with Gasteiger partial charge in [0.25, 0.3) is 5.56 Å². The lowest BCUT2D eigenvalue weighted by molar-refractivity contribution is 0.0683. The second kappa shape index (κ2) is 4.25. The van der Waals surface area contributed by atoms with Crippen molar-refractivity contribution in [3.05, 3.63) is 51.8 Å². The molecule has 2 heterocycles. The minimum atomic E-state index is -1.15. The molecule has 0 aromatic carbocycles. The zero-order chi connectivity index (χ0) is 12.4. The second-order valence-corrected chi connectivity index (χ2v) is 3.58. The SMILES string of the molecule is Cc1cc(Cn2c(C(=O)O)cccc2=O)on1. The summed E-state index contributed by atoms with van der Waals surface area (Å²) >= 11 is 0. The summed E-state index contributed by atoms with van der Waals surface area (Å²) in [4.78, 5) is 22.6. The Kier molecular flexibility index (Phi) is 2.78. The highest BCUT2D eigenvalue weighted by molar-refractivity contribution is 5.85. The van der Waals surface area contributed by atoms with Crippen molar-refractivity contribution in [1.82, 2.24) is 9.72 Å². The Morgan fingerprint density at radius 1 is 1.53 bits per heavy atom. The summed E-state index contributed by atoms with van der Waals surface area (Å²) in [6.45, 7) is 1.81. The molecule has 0 bridgehead atoms. The fourth-order valence-electron chi connectivity index (χ4n) is 1.52. The molecule has 1 N–H and O–H groups in total. The fourth-order valence-corrected chi connectivity index (χ4v) is 1.52. The van der Waals surface area contributed by atoms with Crippen molar-refractivity contribution in [2.24, 2.45) is 0 Å². The highest BCUT2D eigenvalue weighted by Gasteiger charge is 2.12. The summed E-state index contributed by atoms with van der Waals surface area (Å²) in [5.41, 5.74) is 0.214. The van der Waals surface area contributed by atoms with Crippen molar-refractivity contribution in [3.8, 4) is 0 Å². The van der Waals surface area contributed by atoms with Crippen LogP contribution in [-0.4, -0.2) is 20.8 Å². The van der Waals surface area contributed by atoms with Gasteiger partial charge in [-0.25, -0.2) is 4.79 Å². The van der Waals surface area contributed by atoms with E-state index in [9.17, 15) is 9.59 Å². The van der Waals surface area contributed by atoms with Crippen LogP contribution in [0.2, 0.25) is 0 Å². The molecule has 0 unspecified atom stereocenters. The molecule has 2 aromatic rings. The Bertz CT molecular complexity index is 612. The van der Waals surface area contributed by atoms with Gasteiger partial charge in [-0.2, -0.15) is 0 Å². The van der Waals surface area contributed by atoms with Crippen molar-refractivity contribution in [3.63, 3.8) is 0 Å². The fraction of sp³-hybridized carbons (Fsp3) is 0.182. The lowest BCUT2D eigenvalue weighted by atomic mass is 10.3. The monoisotopic (exact) mass is 234 g/mol. The van der Waals surface area contributed by atoms with Crippen LogP contribution in [0.1, 0.15) is 21.9 Å². The molecule has 0 amide bonds. The van der Waals surface area contributed by atoms with E-state index >= 15 is 0 Å². The van der Waals surface area contributed by atoms with Crippen molar-refractivity contribution in [1.29, 1.82) is 0 Å². The molecule has 0 radical (unpaired) electrons. The van der Waals surface area contributed by atoms with Crippen LogP contribution >= 0.6 is 0 Å². The summed E-state index contributed by atoms with van der Waals surface area (Å²) in [6.07, 6.45) is 0. The molecule has 2 rings (SSSR count). The average molecular weight is 234 g/mol. The standard InChI is InChI=1S/C11H10N2O4/c1-7-5-8(17-12-7)6-13-9(11(15)16)3-2-4-10(13)14/h2-5H,6H2,1H3,(H,15,16). The van der Waals surface area contributed by atoms with Gasteiger partial charge >= 0.3 is 5.97 Å². The molecule has 0 fully saturated rings. The topological polar surface area (TPSA) is 85.3 Å². The zero-order valence-corrected chi connectivity index (χ0v) is 9.08. The first-order chi connectivity index (χ1) is 8.08. The molecule has 17 heavy (non-hydrogen) atoms. The molecular weight excluding hydrogens is 224 g/mol. The molecule has 2 aromatic heterocycles. The molecule has 0 aliphatic heterocycles. The van der Waals surface area contributed by atoms with Crippen LogP contribution < -0.4 is 5.56 Å². The number of carboxylic acids is 1. The maximum atomic E-state index is 11.6. The molecule has 0 spiro atoms. The van der Waals surface area contributed by atoms with E-state index < -0.39 is 5.97 Å². The predicted octanol–water partition coefficient (Wildman–Crippen LogP) is 0.891. The molecule has 0 saturated carbocycles. The van der Waals surface area contributed by atoms with E-state index in [2.05, 4.69) is 5.16 Å². The van der Waals surface area contributed by atoms with Crippen LogP contribution in [0.25, 0.3) is 0 Å². The number of hydrogen-bond acceptors (Lipinski definition) is 4. The first-order valence-corrected chi connectivity index (χ1v) is 4.93. The quantitative estimate of drug-likeness (QED) is 0.852. The first-order valence-electron chi connectivity index (χ1n) is 4.93. The van der Waals surface area contributed by atoms with E-state index in [-0.39, 0.29) is 17.8 Å². The molecule has 88 valence electrons. The number of aromatic carboxylic acids is 1.